The van der Waals surface area contributed by atoms with Crippen LogP contribution in [-0.2, 0) is 11.3 Å². The highest BCUT2D eigenvalue weighted by atomic mass is 35.5. The van der Waals surface area contributed by atoms with Gasteiger partial charge >= 0.3 is 0 Å². The van der Waals surface area contributed by atoms with Crippen molar-refractivity contribution in [2.24, 2.45) is 0 Å². The molecule has 0 radical (unpaired) electrons. The van der Waals surface area contributed by atoms with E-state index in [4.69, 9.17) is 17.3 Å². The summed E-state index contributed by atoms with van der Waals surface area (Å²) in [5.41, 5.74) is 8.10. The first-order chi connectivity index (χ1) is 10.0. The summed E-state index contributed by atoms with van der Waals surface area (Å²) in [6.45, 7) is 0.964. The van der Waals surface area contributed by atoms with Crippen LogP contribution in [0.5, 0.6) is 0 Å². The lowest BCUT2D eigenvalue weighted by atomic mass is 10.2. The molecule has 0 aliphatic heterocycles. The molecular formula is C16H18ClN3O. The minimum atomic E-state index is -0.0932. The number of carbonyl (C=O) groups is 1. The third-order valence-corrected chi connectivity index (χ3v) is 3.27. The summed E-state index contributed by atoms with van der Waals surface area (Å²) in [7, 11) is 1.89. The number of hydrogen-bond acceptors (Lipinski definition) is 3. The summed E-state index contributed by atoms with van der Waals surface area (Å²) in [6, 6.07) is 14.8. The molecule has 4 nitrogen and oxygen atoms in total. The SMILES string of the molecule is CN(CC(=O)Nc1ccccc1N)Cc1ccc(Cl)cc1. The van der Waals surface area contributed by atoms with Gasteiger partial charge in [-0.25, -0.2) is 0 Å². The van der Waals surface area contributed by atoms with Crippen LogP contribution >= 0.6 is 11.6 Å². The largest absolute Gasteiger partial charge is 0.397 e. The molecule has 0 aliphatic rings. The van der Waals surface area contributed by atoms with Crippen molar-refractivity contribution in [2.45, 2.75) is 6.54 Å². The van der Waals surface area contributed by atoms with Gasteiger partial charge in [0.25, 0.3) is 0 Å². The molecule has 2 aromatic rings. The number of nitrogens with two attached hydrogens (primary N) is 1. The molecule has 2 rings (SSSR count). The zero-order valence-electron chi connectivity index (χ0n) is 11.8. The predicted molar refractivity (Wildman–Crippen MR) is 87.3 cm³/mol. The number of hydrogen-bond donors (Lipinski definition) is 2. The van der Waals surface area contributed by atoms with E-state index in [0.717, 1.165) is 5.56 Å². The van der Waals surface area contributed by atoms with E-state index in [1.54, 1.807) is 12.1 Å². The van der Waals surface area contributed by atoms with Crippen molar-refractivity contribution in [3.05, 3.63) is 59.1 Å². The Balaban J connectivity index is 1.87. The molecule has 0 aromatic heterocycles. The number of carbonyl (C=O) groups excluding carboxylic acids is 1. The zero-order valence-corrected chi connectivity index (χ0v) is 12.6. The monoisotopic (exact) mass is 303 g/mol. The minimum Gasteiger partial charge on any atom is -0.397 e. The number of amides is 1. The average molecular weight is 304 g/mol. The Morgan fingerprint density at radius 2 is 1.86 bits per heavy atom. The molecule has 0 aliphatic carbocycles. The molecule has 0 unspecified atom stereocenters. The van der Waals surface area contributed by atoms with Crippen molar-refractivity contribution in [3.63, 3.8) is 0 Å². The molecule has 0 fully saturated rings. The second-order valence-corrected chi connectivity index (χ2v) is 5.37. The van der Waals surface area contributed by atoms with Crippen LogP contribution in [0.4, 0.5) is 11.4 Å². The number of nitrogens with zero attached hydrogens (tertiary/aromatic N) is 1. The van der Waals surface area contributed by atoms with E-state index >= 15 is 0 Å². The summed E-state index contributed by atoms with van der Waals surface area (Å²) < 4.78 is 0. The van der Waals surface area contributed by atoms with Gasteiger partial charge in [-0.2, -0.15) is 0 Å². The molecule has 0 heterocycles. The van der Waals surface area contributed by atoms with Crippen molar-refractivity contribution < 1.29 is 4.79 Å². The highest BCUT2D eigenvalue weighted by Crippen LogP contribution is 2.16. The second kappa shape index (κ2) is 7.11. The highest BCUT2D eigenvalue weighted by molar-refractivity contribution is 6.30. The topological polar surface area (TPSA) is 58.4 Å². The number of anilines is 2. The van der Waals surface area contributed by atoms with Gasteiger partial charge in [-0.05, 0) is 36.9 Å². The highest BCUT2D eigenvalue weighted by Gasteiger charge is 2.08. The second-order valence-electron chi connectivity index (χ2n) is 4.93. The smallest absolute Gasteiger partial charge is 0.238 e. The molecule has 0 saturated heterocycles. The minimum absolute atomic E-state index is 0.0932. The normalized spacial score (nSPS) is 10.6. The first-order valence-electron chi connectivity index (χ1n) is 6.62. The van der Waals surface area contributed by atoms with Gasteiger partial charge in [-0.3, -0.25) is 9.69 Å². The zero-order chi connectivity index (χ0) is 15.2. The van der Waals surface area contributed by atoms with Gasteiger partial charge in [-0.1, -0.05) is 35.9 Å². The quantitative estimate of drug-likeness (QED) is 0.835. The van der Waals surface area contributed by atoms with Gasteiger partial charge in [0.15, 0.2) is 0 Å². The molecule has 2 aromatic carbocycles. The van der Waals surface area contributed by atoms with Gasteiger partial charge < -0.3 is 11.1 Å². The molecule has 110 valence electrons. The van der Waals surface area contributed by atoms with E-state index in [1.165, 1.54) is 0 Å². The number of halogens is 1. The molecule has 5 heteroatoms. The van der Waals surface area contributed by atoms with Crippen LogP contribution in [0.3, 0.4) is 0 Å². The van der Waals surface area contributed by atoms with E-state index in [-0.39, 0.29) is 12.5 Å². The number of nitrogen functional groups attached to an aromatic ring is 1. The Hall–Kier alpha value is -2.04. The Morgan fingerprint density at radius 3 is 2.52 bits per heavy atom. The Labute approximate surface area is 129 Å². The van der Waals surface area contributed by atoms with Crippen LogP contribution < -0.4 is 11.1 Å². The number of para-hydroxylation sites is 2. The van der Waals surface area contributed by atoms with Crippen molar-refractivity contribution in [2.75, 3.05) is 24.6 Å². The molecule has 0 saturated carbocycles. The number of likely N-dealkylation sites (N-methyl/N-ethyl adjacent to an activating group) is 1. The maximum atomic E-state index is 12.0. The van der Waals surface area contributed by atoms with Crippen molar-refractivity contribution in [3.8, 4) is 0 Å². The molecule has 21 heavy (non-hydrogen) atoms. The van der Waals surface area contributed by atoms with Crippen LogP contribution in [-0.4, -0.2) is 24.4 Å². The number of benzene rings is 2. The summed E-state index contributed by atoms with van der Waals surface area (Å²) in [6.07, 6.45) is 0. The molecule has 0 spiro atoms. The Bertz CT molecular complexity index is 613. The van der Waals surface area contributed by atoms with Crippen molar-refractivity contribution in [1.29, 1.82) is 0 Å². The first-order valence-corrected chi connectivity index (χ1v) is 7.00. The Morgan fingerprint density at radius 1 is 1.19 bits per heavy atom. The molecule has 1 amide bonds. The lowest BCUT2D eigenvalue weighted by molar-refractivity contribution is -0.117. The standard InChI is InChI=1S/C16H18ClN3O/c1-20(10-12-6-8-13(17)9-7-12)11-16(21)19-15-5-3-2-4-14(15)18/h2-9H,10-11,18H2,1H3,(H,19,21). The van der Waals surface area contributed by atoms with Gasteiger partial charge in [0.05, 0.1) is 17.9 Å². The fraction of sp³-hybridized carbons (Fsp3) is 0.188. The summed E-state index contributed by atoms with van der Waals surface area (Å²) in [5, 5.41) is 3.52. The van der Waals surface area contributed by atoms with Gasteiger partial charge in [0.1, 0.15) is 0 Å². The summed E-state index contributed by atoms with van der Waals surface area (Å²) >= 11 is 5.85. The third kappa shape index (κ3) is 4.77. The third-order valence-electron chi connectivity index (χ3n) is 3.01. The van der Waals surface area contributed by atoms with Crippen molar-refractivity contribution in [1.82, 2.24) is 4.90 Å². The predicted octanol–water partition coefficient (Wildman–Crippen LogP) is 2.99. The molecular weight excluding hydrogens is 286 g/mol. The first kappa shape index (κ1) is 15.4. The van der Waals surface area contributed by atoms with E-state index in [0.29, 0.717) is 22.9 Å². The maximum Gasteiger partial charge on any atom is 0.238 e. The average Bonchev–Trinajstić information content (AvgIpc) is 2.44. The van der Waals surface area contributed by atoms with Gasteiger partial charge in [0, 0.05) is 11.6 Å². The van der Waals surface area contributed by atoms with Crippen LogP contribution in [0.25, 0.3) is 0 Å². The Kier molecular flexibility index (Phi) is 5.20. The molecule has 0 bridgehead atoms. The molecule has 3 N–H and O–H groups in total. The van der Waals surface area contributed by atoms with E-state index in [2.05, 4.69) is 5.32 Å². The fourth-order valence-corrected chi connectivity index (χ4v) is 2.13. The van der Waals surface area contributed by atoms with E-state index in [1.807, 2.05) is 48.3 Å². The maximum absolute atomic E-state index is 12.0. The van der Waals surface area contributed by atoms with E-state index < -0.39 is 0 Å². The van der Waals surface area contributed by atoms with E-state index in [9.17, 15) is 4.79 Å². The van der Waals surface area contributed by atoms with Gasteiger partial charge in [-0.15, -0.1) is 0 Å². The number of rotatable bonds is 5. The van der Waals surface area contributed by atoms with Crippen LogP contribution in [0.2, 0.25) is 5.02 Å². The van der Waals surface area contributed by atoms with Crippen molar-refractivity contribution >= 4 is 28.9 Å². The lowest BCUT2D eigenvalue weighted by Crippen LogP contribution is -2.30. The molecule has 0 atom stereocenters. The van der Waals surface area contributed by atoms with Gasteiger partial charge in [0.2, 0.25) is 5.91 Å². The summed E-state index contributed by atoms with van der Waals surface area (Å²) in [5.74, 6) is -0.0932. The lowest BCUT2D eigenvalue weighted by Gasteiger charge is -2.17. The van der Waals surface area contributed by atoms with Crippen LogP contribution in [0.1, 0.15) is 5.56 Å². The summed E-state index contributed by atoms with van der Waals surface area (Å²) in [4.78, 5) is 13.9. The fourth-order valence-electron chi connectivity index (χ4n) is 2.00. The number of nitrogens with one attached hydrogen (secondary N) is 1. The van der Waals surface area contributed by atoms with Crippen LogP contribution in [0.15, 0.2) is 48.5 Å². The van der Waals surface area contributed by atoms with Crippen LogP contribution in [0, 0.1) is 0 Å².